The van der Waals surface area contributed by atoms with Crippen molar-refractivity contribution in [1.29, 1.82) is 0 Å². The Hall–Kier alpha value is -2.09. The van der Waals surface area contributed by atoms with Gasteiger partial charge in [-0.1, -0.05) is 90.1 Å². The molecular weight excluding hydrogens is 340 g/mol. The smallest absolute Gasteiger partial charge is 0.101 e. The molecule has 2 aromatic rings. The molecule has 0 aliphatic carbocycles. The van der Waals surface area contributed by atoms with Gasteiger partial charge in [0.15, 0.2) is 0 Å². The lowest BCUT2D eigenvalue weighted by Crippen LogP contribution is -2.21. The highest BCUT2D eigenvalue weighted by atomic mass is 14.9. The van der Waals surface area contributed by atoms with Crippen LogP contribution in [0.3, 0.4) is 0 Å². The summed E-state index contributed by atoms with van der Waals surface area (Å²) in [5.41, 5.74) is 11.7. The summed E-state index contributed by atoms with van der Waals surface area (Å²) in [4.78, 5) is 4.71. The SMILES string of the molecule is CC(C)Cc1ccc([C@H](C)C(N)=NC[C@H](C)c2ccc(CC(C)C)cc2)cc1. The Morgan fingerprint density at radius 3 is 1.57 bits per heavy atom. The number of hydrogen-bond donors (Lipinski definition) is 1. The lowest BCUT2D eigenvalue weighted by Gasteiger charge is -2.15. The van der Waals surface area contributed by atoms with Gasteiger partial charge < -0.3 is 5.73 Å². The highest BCUT2D eigenvalue weighted by Gasteiger charge is 2.12. The zero-order chi connectivity index (χ0) is 20.7. The molecule has 0 saturated carbocycles. The van der Waals surface area contributed by atoms with E-state index in [-0.39, 0.29) is 5.92 Å². The second-order valence-electron chi connectivity index (χ2n) is 9.07. The lowest BCUT2D eigenvalue weighted by molar-refractivity contribution is 0.646. The second-order valence-corrected chi connectivity index (χ2v) is 9.07. The van der Waals surface area contributed by atoms with E-state index in [2.05, 4.69) is 90.1 Å². The van der Waals surface area contributed by atoms with Crippen molar-refractivity contribution in [1.82, 2.24) is 0 Å². The average molecular weight is 379 g/mol. The molecule has 0 bridgehead atoms. The molecule has 0 saturated heterocycles. The molecule has 0 heterocycles. The van der Waals surface area contributed by atoms with Gasteiger partial charge in [-0.2, -0.15) is 0 Å². The van der Waals surface area contributed by atoms with Crippen molar-refractivity contribution in [2.75, 3.05) is 6.54 Å². The largest absolute Gasteiger partial charge is 0.387 e. The predicted octanol–water partition coefficient (Wildman–Crippen LogP) is 6.35. The molecule has 2 nitrogen and oxygen atoms in total. The molecule has 2 atom stereocenters. The molecule has 2 rings (SSSR count). The summed E-state index contributed by atoms with van der Waals surface area (Å²) in [7, 11) is 0. The quantitative estimate of drug-likeness (QED) is 0.401. The van der Waals surface area contributed by atoms with Crippen molar-refractivity contribution in [3.63, 3.8) is 0 Å². The monoisotopic (exact) mass is 378 g/mol. The van der Waals surface area contributed by atoms with Crippen LogP contribution in [-0.4, -0.2) is 12.4 Å². The van der Waals surface area contributed by atoms with E-state index >= 15 is 0 Å². The van der Waals surface area contributed by atoms with Crippen LogP contribution in [0.5, 0.6) is 0 Å². The van der Waals surface area contributed by atoms with E-state index in [1.807, 2.05) is 0 Å². The number of nitrogens with zero attached hydrogens (tertiary/aromatic N) is 1. The first-order valence-corrected chi connectivity index (χ1v) is 10.7. The van der Waals surface area contributed by atoms with E-state index in [0.29, 0.717) is 17.8 Å². The first-order valence-electron chi connectivity index (χ1n) is 10.7. The van der Waals surface area contributed by atoms with Crippen LogP contribution in [0.15, 0.2) is 53.5 Å². The van der Waals surface area contributed by atoms with E-state index in [4.69, 9.17) is 10.7 Å². The number of aliphatic imine (C=N–C) groups is 1. The molecule has 0 aliphatic rings. The molecular formula is C26H38N2. The third-order valence-electron chi connectivity index (χ3n) is 5.31. The minimum absolute atomic E-state index is 0.147. The summed E-state index contributed by atoms with van der Waals surface area (Å²) in [5, 5.41) is 0. The Labute approximate surface area is 172 Å². The number of nitrogens with two attached hydrogens (primary N) is 1. The van der Waals surface area contributed by atoms with Crippen molar-refractivity contribution >= 4 is 5.84 Å². The van der Waals surface area contributed by atoms with Crippen LogP contribution >= 0.6 is 0 Å². The summed E-state index contributed by atoms with van der Waals surface area (Å²) in [6.07, 6.45) is 2.25. The molecule has 0 aromatic heterocycles. The fourth-order valence-electron chi connectivity index (χ4n) is 3.52. The molecule has 152 valence electrons. The minimum atomic E-state index is 0.147. The van der Waals surface area contributed by atoms with Crippen molar-refractivity contribution in [2.45, 2.75) is 66.2 Å². The number of rotatable bonds is 9. The minimum Gasteiger partial charge on any atom is -0.387 e. The summed E-state index contributed by atoms with van der Waals surface area (Å²) in [5.74, 6) is 2.60. The van der Waals surface area contributed by atoms with Gasteiger partial charge in [0.25, 0.3) is 0 Å². The van der Waals surface area contributed by atoms with Crippen LogP contribution in [0.4, 0.5) is 0 Å². The van der Waals surface area contributed by atoms with E-state index in [0.717, 1.165) is 25.2 Å². The molecule has 0 spiro atoms. The molecule has 0 radical (unpaired) electrons. The number of benzene rings is 2. The van der Waals surface area contributed by atoms with Gasteiger partial charge in [-0.05, 0) is 46.9 Å². The fourth-order valence-corrected chi connectivity index (χ4v) is 3.52. The Bertz CT molecular complexity index is 739. The van der Waals surface area contributed by atoms with E-state index < -0.39 is 0 Å². The molecule has 2 N–H and O–H groups in total. The molecule has 0 amide bonds. The number of amidine groups is 1. The van der Waals surface area contributed by atoms with Crippen LogP contribution < -0.4 is 5.73 Å². The Balaban J connectivity index is 1.96. The summed E-state index contributed by atoms with van der Waals surface area (Å²) in [6.45, 7) is 14.1. The molecule has 0 fully saturated rings. The summed E-state index contributed by atoms with van der Waals surface area (Å²) < 4.78 is 0. The van der Waals surface area contributed by atoms with Gasteiger partial charge in [0.1, 0.15) is 5.84 Å². The van der Waals surface area contributed by atoms with Crippen LogP contribution in [0.2, 0.25) is 0 Å². The van der Waals surface area contributed by atoms with Gasteiger partial charge >= 0.3 is 0 Å². The van der Waals surface area contributed by atoms with Gasteiger partial charge in [0, 0.05) is 18.4 Å². The van der Waals surface area contributed by atoms with Crippen molar-refractivity contribution in [3.05, 3.63) is 70.8 Å². The summed E-state index contributed by atoms with van der Waals surface area (Å²) >= 11 is 0. The lowest BCUT2D eigenvalue weighted by atomic mass is 9.95. The molecule has 2 heteroatoms. The van der Waals surface area contributed by atoms with Crippen molar-refractivity contribution < 1.29 is 0 Å². The Kier molecular flexibility index (Phi) is 8.29. The van der Waals surface area contributed by atoms with E-state index in [9.17, 15) is 0 Å². The molecule has 0 aliphatic heterocycles. The van der Waals surface area contributed by atoms with Crippen molar-refractivity contribution in [3.8, 4) is 0 Å². The van der Waals surface area contributed by atoms with E-state index in [1.165, 1.54) is 22.3 Å². The normalized spacial score (nSPS) is 14.5. The van der Waals surface area contributed by atoms with Gasteiger partial charge in [-0.15, -0.1) is 0 Å². The van der Waals surface area contributed by atoms with Crippen molar-refractivity contribution in [2.24, 2.45) is 22.6 Å². The predicted molar refractivity (Wildman–Crippen MR) is 123 cm³/mol. The van der Waals surface area contributed by atoms with Gasteiger partial charge in [-0.3, -0.25) is 4.99 Å². The maximum absolute atomic E-state index is 6.32. The average Bonchev–Trinajstić information content (AvgIpc) is 2.65. The van der Waals surface area contributed by atoms with Gasteiger partial charge in [0.05, 0.1) is 0 Å². The topological polar surface area (TPSA) is 38.4 Å². The molecule has 28 heavy (non-hydrogen) atoms. The fraction of sp³-hybridized carbons (Fsp3) is 0.500. The van der Waals surface area contributed by atoms with Crippen LogP contribution in [0.1, 0.15) is 75.6 Å². The highest BCUT2D eigenvalue weighted by Crippen LogP contribution is 2.20. The molecule has 2 aromatic carbocycles. The van der Waals surface area contributed by atoms with Crippen LogP contribution in [-0.2, 0) is 12.8 Å². The second kappa shape index (κ2) is 10.5. The zero-order valence-electron chi connectivity index (χ0n) is 18.6. The van der Waals surface area contributed by atoms with Crippen LogP contribution in [0.25, 0.3) is 0 Å². The zero-order valence-corrected chi connectivity index (χ0v) is 18.6. The maximum atomic E-state index is 6.32. The first-order chi connectivity index (χ1) is 13.3. The van der Waals surface area contributed by atoms with Crippen LogP contribution in [0, 0.1) is 11.8 Å². The highest BCUT2D eigenvalue weighted by molar-refractivity contribution is 5.87. The third kappa shape index (κ3) is 6.82. The Morgan fingerprint density at radius 1 is 0.714 bits per heavy atom. The number of hydrogen-bond acceptors (Lipinski definition) is 1. The van der Waals surface area contributed by atoms with Gasteiger partial charge in [-0.25, -0.2) is 0 Å². The van der Waals surface area contributed by atoms with E-state index in [1.54, 1.807) is 0 Å². The molecule has 0 unspecified atom stereocenters. The van der Waals surface area contributed by atoms with Gasteiger partial charge in [0.2, 0.25) is 0 Å². The summed E-state index contributed by atoms with van der Waals surface area (Å²) in [6, 6.07) is 17.8. The maximum Gasteiger partial charge on any atom is 0.101 e. The first kappa shape index (κ1) is 22.2. The third-order valence-corrected chi connectivity index (χ3v) is 5.31. The standard InChI is InChI=1S/C26H38N2/c1-18(2)15-22-7-11-24(12-8-22)20(5)17-28-26(27)21(6)25-13-9-23(10-14-25)16-19(3)4/h7-14,18-21H,15-17H2,1-6H3,(H2,27,28)/t20-,21-/m0/s1. The Morgan fingerprint density at radius 2 is 1.14 bits per heavy atom.